The molecule has 216 valence electrons. The van der Waals surface area contributed by atoms with E-state index in [-0.39, 0.29) is 30.1 Å². The standard InChI is InChI=1S/C29H34O11/c1-12-8-19(37-21(32)9-15-4-6-16(31)7-5-15)23-14(3)28(36)40-27(23)22-13(2)18(10-17(12)22)38-29-26(35)25(34)24(33)20(11-30)39-29/h4-7,17-20,22-27,29-31,33-35H,1-3,8-11H2/t17-,18-,19-,20+,22-,23+,24+,25-,26+,27+,29+/m0/s1. The molecule has 2 saturated carbocycles. The fourth-order valence-corrected chi connectivity index (χ4v) is 6.33. The van der Waals surface area contributed by atoms with E-state index in [1.54, 1.807) is 12.1 Å². The van der Waals surface area contributed by atoms with Gasteiger partial charge in [0.2, 0.25) is 0 Å². The van der Waals surface area contributed by atoms with Crippen molar-refractivity contribution in [3.05, 3.63) is 66.3 Å². The molecule has 2 aliphatic heterocycles. The summed E-state index contributed by atoms with van der Waals surface area (Å²) in [6.45, 7) is 11.8. The fourth-order valence-electron chi connectivity index (χ4n) is 6.33. The van der Waals surface area contributed by atoms with Crippen LogP contribution in [0.2, 0.25) is 0 Å². The molecule has 2 aliphatic carbocycles. The molecule has 11 atom stereocenters. The number of benzene rings is 1. The zero-order chi connectivity index (χ0) is 28.9. The third-order valence-electron chi connectivity index (χ3n) is 8.46. The Labute approximate surface area is 230 Å². The van der Waals surface area contributed by atoms with Gasteiger partial charge in [-0.15, -0.1) is 0 Å². The minimum Gasteiger partial charge on any atom is -0.508 e. The minimum absolute atomic E-state index is 0.0313. The lowest BCUT2D eigenvalue weighted by Crippen LogP contribution is -2.59. The number of hydrogen-bond acceptors (Lipinski definition) is 11. The van der Waals surface area contributed by atoms with Gasteiger partial charge in [-0.3, -0.25) is 4.79 Å². The summed E-state index contributed by atoms with van der Waals surface area (Å²) in [6, 6.07) is 6.20. The van der Waals surface area contributed by atoms with E-state index >= 15 is 0 Å². The molecule has 0 spiro atoms. The summed E-state index contributed by atoms with van der Waals surface area (Å²) in [5.74, 6) is -2.38. The Hall–Kier alpha value is -3.06. The van der Waals surface area contributed by atoms with Gasteiger partial charge in [0.25, 0.3) is 0 Å². The number of hydrogen-bond donors (Lipinski definition) is 5. The van der Waals surface area contributed by atoms with Crippen LogP contribution in [-0.2, 0) is 35.0 Å². The smallest absolute Gasteiger partial charge is 0.334 e. The molecule has 5 N–H and O–H groups in total. The number of phenols is 1. The molecule has 0 amide bonds. The molecule has 11 nitrogen and oxygen atoms in total. The van der Waals surface area contributed by atoms with Crippen LogP contribution < -0.4 is 0 Å². The molecule has 0 unspecified atom stereocenters. The van der Waals surface area contributed by atoms with E-state index in [4.69, 9.17) is 18.9 Å². The van der Waals surface area contributed by atoms with Gasteiger partial charge in [-0.2, -0.15) is 0 Å². The lowest BCUT2D eigenvalue weighted by Gasteiger charge is -2.40. The number of fused-ring (bicyclic) bond motifs is 3. The SMILES string of the molecule is C=C1C(=O)O[C@@H]2[C@H]3C(=C)[C@@H](O[C@@H]4O[C@H](CO)[C@@H](O)[C@H](O)[C@H]4O)C[C@H]3C(=C)C[C@H](OC(=O)Cc3ccc(O)cc3)[C@@H]12. The van der Waals surface area contributed by atoms with Crippen LogP contribution in [-0.4, -0.2) is 93.1 Å². The first kappa shape index (κ1) is 28.5. The van der Waals surface area contributed by atoms with Crippen LogP contribution in [0.25, 0.3) is 0 Å². The topological polar surface area (TPSA) is 172 Å². The Bertz CT molecular complexity index is 1190. The first-order valence-electron chi connectivity index (χ1n) is 13.2. The normalized spacial score (nSPS) is 39.4. The van der Waals surface area contributed by atoms with Gasteiger partial charge < -0.3 is 44.5 Å². The quantitative estimate of drug-likeness (QED) is 0.184. The zero-order valence-corrected chi connectivity index (χ0v) is 21.8. The van der Waals surface area contributed by atoms with Crippen LogP contribution in [0, 0.1) is 17.8 Å². The zero-order valence-electron chi connectivity index (χ0n) is 21.8. The second kappa shape index (κ2) is 11.1. The number of ether oxygens (including phenoxy) is 4. The van der Waals surface area contributed by atoms with Crippen LogP contribution in [0.5, 0.6) is 5.75 Å². The fraction of sp³-hybridized carbons (Fsp3) is 0.517. The van der Waals surface area contributed by atoms with Crippen molar-refractivity contribution >= 4 is 11.9 Å². The highest BCUT2D eigenvalue weighted by molar-refractivity contribution is 5.91. The summed E-state index contributed by atoms with van der Waals surface area (Å²) in [4.78, 5) is 25.5. The van der Waals surface area contributed by atoms with Crippen LogP contribution in [0.1, 0.15) is 18.4 Å². The van der Waals surface area contributed by atoms with Crippen molar-refractivity contribution < 1.29 is 54.1 Å². The summed E-state index contributed by atoms with van der Waals surface area (Å²) in [7, 11) is 0. The van der Waals surface area contributed by atoms with E-state index in [1.165, 1.54) is 12.1 Å². The molecular formula is C29H34O11. The maximum absolute atomic E-state index is 12.9. The van der Waals surface area contributed by atoms with Crippen molar-refractivity contribution in [1.82, 2.24) is 0 Å². The third-order valence-corrected chi connectivity index (χ3v) is 8.46. The van der Waals surface area contributed by atoms with Crippen molar-refractivity contribution in [3.63, 3.8) is 0 Å². The Morgan fingerprint density at radius 1 is 1.02 bits per heavy atom. The largest absolute Gasteiger partial charge is 0.508 e. The second-order valence-electron chi connectivity index (χ2n) is 10.9. The van der Waals surface area contributed by atoms with Gasteiger partial charge in [-0.1, -0.05) is 37.4 Å². The highest BCUT2D eigenvalue weighted by Gasteiger charge is 2.58. The molecule has 1 aromatic rings. The Kier molecular flexibility index (Phi) is 7.88. The van der Waals surface area contributed by atoms with E-state index in [1.807, 2.05) is 0 Å². The molecule has 1 aromatic carbocycles. The minimum atomic E-state index is -1.59. The predicted octanol–water partition coefficient (Wildman–Crippen LogP) is 0.282. The highest BCUT2D eigenvalue weighted by atomic mass is 16.7. The molecule has 4 aliphatic rings. The number of esters is 2. The first-order chi connectivity index (χ1) is 19.0. The Morgan fingerprint density at radius 3 is 2.40 bits per heavy atom. The molecular weight excluding hydrogens is 524 g/mol. The van der Waals surface area contributed by atoms with Crippen molar-refractivity contribution in [3.8, 4) is 5.75 Å². The summed E-state index contributed by atoms with van der Waals surface area (Å²) in [5, 5.41) is 49.7. The van der Waals surface area contributed by atoms with Gasteiger partial charge in [0.15, 0.2) is 6.29 Å². The maximum Gasteiger partial charge on any atom is 0.334 e. The van der Waals surface area contributed by atoms with E-state index in [0.29, 0.717) is 17.6 Å². The number of rotatable bonds is 6. The van der Waals surface area contributed by atoms with E-state index < -0.39 is 79.4 Å². The van der Waals surface area contributed by atoms with Crippen LogP contribution >= 0.6 is 0 Å². The van der Waals surface area contributed by atoms with Crippen molar-refractivity contribution in [2.24, 2.45) is 17.8 Å². The number of aromatic hydroxyl groups is 1. The maximum atomic E-state index is 12.9. The molecule has 0 aromatic heterocycles. The van der Waals surface area contributed by atoms with Crippen molar-refractivity contribution in [2.75, 3.05) is 6.61 Å². The van der Waals surface area contributed by atoms with Gasteiger partial charge in [0.05, 0.1) is 25.0 Å². The predicted molar refractivity (Wildman–Crippen MR) is 137 cm³/mol. The number of aliphatic hydroxyl groups is 4. The lowest BCUT2D eigenvalue weighted by atomic mass is 9.81. The van der Waals surface area contributed by atoms with Gasteiger partial charge in [-0.05, 0) is 35.6 Å². The number of carbonyl (C=O) groups excluding carboxylic acids is 2. The molecule has 11 heteroatoms. The average molecular weight is 559 g/mol. The summed E-state index contributed by atoms with van der Waals surface area (Å²) in [6.07, 6.45) is -8.77. The number of aliphatic hydroxyl groups excluding tert-OH is 4. The molecule has 2 saturated heterocycles. The number of carbonyl (C=O) groups is 2. The third kappa shape index (κ3) is 5.09. The highest BCUT2D eigenvalue weighted by Crippen LogP contribution is 2.53. The van der Waals surface area contributed by atoms with Crippen molar-refractivity contribution in [2.45, 2.75) is 68.3 Å². The van der Waals surface area contributed by atoms with Gasteiger partial charge >= 0.3 is 11.9 Å². The molecule has 5 rings (SSSR count). The second-order valence-corrected chi connectivity index (χ2v) is 10.9. The van der Waals surface area contributed by atoms with Crippen LogP contribution in [0.3, 0.4) is 0 Å². The molecule has 4 fully saturated rings. The summed E-state index contributed by atoms with van der Waals surface area (Å²) >= 11 is 0. The van der Waals surface area contributed by atoms with Gasteiger partial charge in [-0.25, -0.2) is 4.79 Å². The van der Waals surface area contributed by atoms with Crippen molar-refractivity contribution in [1.29, 1.82) is 0 Å². The van der Waals surface area contributed by atoms with E-state index in [0.717, 1.165) is 5.57 Å². The Balaban J connectivity index is 1.34. The summed E-state index contributed by atoms with van der Waals surface area (Å²) in [5.41, 5.74) is 2.14. The first-order valence-corrected chi connectivity index (χ1v) is 13.2. The monoisotopic (exact) mass is 558 g/mol. The average Bonchev–Trinajstić information content (AvgIpc) is 3.36. The molecule has 2 heterocycles. The van der Waals surface area contributed by atoms with E-state index in [9.17, 15) is 35.1 Å². The Morgan fingerprint density at radius 2 is 1.73 bits per heavy atom. The van der Waals surface area contributed by atoms with Gasteiger partial charge in [0.1, 0.15) is 42.4 Å². The summed E-state index contributed by atoms with van der Waals surface area (Å²) < 4.78 is 23.2. The molecule has 40 heavy (non-hydrogen) atoms. The van der Waals surface area contributed by atoms with E-state index in [2.05, 4.69) is 19.7 Å². The van der Waals surface area contributed by atoms with Crippen LogP contribution in [0.4, 0.5) is 0 Å². The van der Waals surface area contributed by atoms with Crippen LogP contribution in [0.15, 0.2) is 60.7 Å². The molecule has 0 radical (unpaired) electrons. The molecule has 0 bridgehead atoms. The lowest BCUT2D eigenvalue weighted by molar-refractivity contribution is -0.308. The number of phenolic OH excluding ortho intramolecular Hbond substituents is 1. The van der Waals surface area contributed by atoms with Gasteiger partial charge in [0, 0.05) is 17.9 Å².